The van der Waals surface area contributed by atoms with E-state index in [1.54, 1.807) is 19.2 Å². The Labute approximate surface area is 111 Å². The maximum Gasteiger partial charge on any atom is 0.236 e. The van der Waals surface area contributed by atoms with E-state index >= 15 is 0 Å². The predicted octanol–water partition coefficient (Wildman–Crippen LogP) is 0.777. The maximum absolute atomic E-state index is 11.5. The summed E-state index contributed by atoms with van der Waals surface area (Å²) in [5.74, 6) is 0.658. The zero-order valence-electron chi connectivity index (χ0n) is 10.3. The summed E-state index contributed by atoms with van der Waals surface area (Å²) in [5, 5.41) is 3.56. The fourth-order valence-corrected chi connectivity index (χ4v) is 2.25. The third kappa shape index (κ3) is 2.91. The van der Waals surface area contributed by atoms with Crippen LogP contribution < -0.4 is 16.0 Å². The molecule has 98 valence electrons. The highest BCUT2D eigenvalue weighted by molar-refractivity contribution is 6.32. The molecule has 2 rings (SSSR count). The Morgan fingerprint density at radius 2 is 2.50 bits per heavy atom. The first-order valence-corrected chi connectivity index (χ1v) is 6.37. The summed E-state index contributed by atoms with van der Waals surface area (Å²) < 4.78 is 0. The van der Waals surface area contributed by atoms with E-state index in [2.05, 4.69) is 15.2 Å². The van der Waals surface area contributed by atoms with Gasteiger partial charge in [-0.05, 0) is 25.5 Å². The van der Waals surface area contributed by atoms with E-state index in [1.165, 1.54) is 0 Å². The summed E-state index contributed by atoms with van der Waals surface area (Å²) in [6, 6.07) is 3.26. The van der Waals surface area contributed by atoms with Gasteiger partial charge in [-0.1, -0.05) is 11.6 Å². The fraction of sp³-hybridized carbons (Fsp3) is 0.500. The van der Waals surface area contributed by atoms with Crippen LogP contribution in [0.2, 0.25) is 5.02 Å². The second kappa shape index (κ2) is 5.54. The van der Waals surface area contributed by atoms with Crippen LogP contribution in [0.4, 0.5) is 5.82 Å². The minimum Gasteiger partial charge on any atom is -0.353 e. The Hall–Kier alpha value is -1.33. The van der Waals surface area contributed by atoms with Gasteiger partial charge in [0.25, 0.3) is 0 Å². The molecule has 1 aliphatic heterocycles. The number of aromatic nitrogens is 1. The lowest BCUT2D eigenvalue weighted by atomic mass is 10.2. The van der Waals surface area contributed by atoms with Crippen LogP contribution in [-0.2, 0) is 4.79 Å². The fourth-order valence-electron chi connectivity index (χ4n) is 2.01. The summed E-state index contributed by atoms with van der Waals surface area (Å²) in [4.78, 5) is 17.9. The second-order valence-electron chi connectivity index (χ2n) is 4.54. The van der Waals surface area contributed by atoms with E-state index in [0.717, 1.165) is 25.3 Å². The number of hydrogen-bond donors (Lipinski definition) is 2. The van der Waals surface area contributed by atoms with Crippen LogP contribution in [0.3, 0.4) is 0 Å². The van der Waals surface area contributed by atoms with Crippen molar-refractivity contribution in [2.75, 3.05) is 18.0 Å². The third-order valence-corrected chi connectivity index (χ3v) is 3.28. The van der Waals surface area contributed by atoms with Gasteiger partial charge < -0.3 is 16.0 Å². The Balaban J connectivity index is 1.97. The number of carbonyl (C=O) groups is 1. The van der Waals surface area contributed by atoms with E-state index in [-0.39, 0.29) is 11.9 Å². The number of anilines is 1. The highest BCUT2D eigenvalue weighted by Crippen LogP contribution is 2.25. The molecule has 1 amide bonds. The van der Waals surface area contributed by atoms with Gasteiger partial charge in [0, 0.05) is 25.3 Å². The molecule has 1 aromatic rings. The third-order valence-electron chi connectivity index (χ3n) is 2.99. The van der Waals surface area contributed by atoms with Crippen molar-refractivity contribution in [3.8, 4) is 0 Å². The minimum absolute atomic E-state index is 0.113. The van der Waals surface area contributed by atoms with Crippen molar-refractivity contribution in [3.63, 3.8) is 0 Å². The summed E-state index contributed by atoms with van der Waals surface area (Å²) in [6.07, 6.45) is 2.60. The van der Waals surface area contributed by atoms with Gasteiger partial charge in [0.15, 0.2) is 0 Å². The molecule has 6 heteroatoms. The van der Waals surface area contributed by atoms with Gasteiger partial charge in [-0.2, -0.15) is 0 Å². The van der Waals surface area contributed by atoms with E-state index in [1.807, 2.05) is 6.07 Å². The first-order chi connectivity index (χ1) is 8.58. The molecule has 0 bridgehead atoms. The molecular weight excluding hydrogens is 252 g/mol. The summed E-state index contributed by atoms with van der Waals surface area (Å²) in [7, 11) is 0. The molecule has 0 saturated carbocycles. The van der Waals surface area contributed by atoms with Crippen molar-refractivity contribution >= 4 is 23.3 Å². The highest BCUT2D eigenvalue weighted by Gasteiger charge is 2.26. The standard InChI is InChI=1S/C12H17ClN4O/c1-8(14)12(18)16-9-4-6-17(7-9)11-10(13)3-2-5-15-11/h2-3,5,8-9H,4,6-7,14H2,1H3,(H,16,18)/t8-,9?/m1/s1. The Morgan fingerprint density at radius 3 is 3.17 bits per heavy atom. The smallest absolute Gasteiger partial charge is 0.236 e. The SMILES string of the molecule is C[C@@H](N)C(=O)NC1CCN(c2ncccc2Cl)C1. The van der Waals surface area contributed by atoms with Gasteiger partial charge in [0.1, 0.15) is 5.82 Å². The molecule has 2 atom stereocenters. The van der Waals surface area contributed by atoms with Gasteiger partial charge in [-0.3, -0.25) is 4.79 Å². The molecule has 0 radical (unpaired) electrons. The second-order valence-corrected chi connectivity index (χ2v) is 4.94. The molecule has 3 N–H and O–H groups in total. The lowest BCUT2D eigenvalue weighted by Crippen LogP contribution is -2.45. The van der Waals surface area contributed by atoms with E-state index in [4.69, 9.17) is 17.3 Å². The lowest BCUT2D eigenvalue weighted by molar-refractivity contribution is -0.122. The molecule has 1 unspecified atom stereocenters. The number of amides is 1. The maximum atomic E-state index is 11.5. The molecule has 1 saturated heterocycles. The zero-order chi connectivity index (χ0) is 13.1. The molecule has 0 aliphatic carbocycles. The number of nitrogens with two attached hydrogens (primary N) is 1. The number of nitrogens with zero attached hydrogens (tertiary/aromatic N) is 2. The number of hydrogen-bond acceptors (Lipinski definition) is 4. The highest BCUT2D eigenvalue weighted by atomic mass is 35.5. The van der Waals surface area contributed by atoms with Crippen LogP contribution in [0.25, 0.3) is 0 Å². The molecule has 1 fully saturated rings. The lowest BCUT2D eigenvalue weighted by Gasteiger charge is -2.19. The minimum atomic E-state index is -0.475. The molecule has 18 heavy (non-hydrogen) atoms. The number of halogens is 1. The first-order valence-electron chi connectivity index (χ1n) is 5.99. The molecule has 1 aliphatic rings. The van der Waals surface area contributed by atoms with Crippen LogP contribution in [0.1, 0.15) is 13.3 Å². The van der Waals surface area contributed by atoms with Crippen molar-refractivity contribution in [2.24, 2.45) is 5.73 Å². The van der Waals surface area contributed by atoms with Crippen LogP contribution in [-0.4, -0.2) is 36.1 Å². The zero-order valence-corrected chi connectivity index (χ0v) is 11.0. The van der Waals surface area contributed by atoms with Crippen molar-refractivity contribution in [1.29, 1.82) is 0 Å². The quantitative estimate of drug-likeness (QED) is 0.850. The number of pyridine rings is 1. The van der Waals surface area contributed by atoms with Crippen LogP contribution >= 0.6 is 11.6 Å². The molecule has 1 aromatic heterocycles. The van der Waals surface area contributed by atoms with Crippen LogP contribution in [0.5, 0.6) is 0 Å². The van der Waals surface area contributed by atoms with E-state index < -0.39 is 6.04 Å². The predicted molar refractivity (Wildman–Crippen MR) is 71.7 cm³/mol. The molecule has 0 spiro atoms. The average Bonchev–Trinajstić information content (AvgIpc) is 2.77. The molecule has 5 nitrogen and oxygen atoms in total. The van der Waals surface area contributed by atoms with Gasteiger partial charge in [0.05, 0.1) is 11.1 Å². The van der Waals surface area contributed by atoms with Crippen LogP contribution in [0, 0.1) is 0 Å². The number of rotatable bonds is 3. The average molecular weight is 269 g/mol. The Bertz CT molecular complexity index is 438. The molecular formula is C12H17ClN4O. The van der Waals surface area contributed by atoms with E-state index in [0.29, 0.717) is 5.02 Å². The first kappa shape index (κ1) is 13.1. The molecule has 2 heterocycles. The summed E-state index contributed by atoms with van der Waals surface area (Å²) in [6.45, 7) is 3.23. The Kier molecular flexibility index (Phi) is 4.04. The van der Waals surface area contributed by atoms with Crippen molar-refractivity contribution < 1.29 is 4.79 Å². The summed E-state index contributed by atoms with van der Waals surface area (Å²) >= 11 is 6.10. The normalized spacial score (nSPS) is 20.8. The van der Waals surface area contributed by atoms with Gasteiger partial charge >= 0.3 is 0 Å². The van der Waals surface area contributed by atoms with Gasteiger partial charge in [-0.25, -0.2) is 4.98 Å². The van der Waals surface area contributed by atoms with Crippen LogP contribution in [0.15, 0.2) is 18.3 Å². The van der Waals surface area contributed by atoms with Crippen molar-refractivity contribution in [2.45, 2.75) is 25.4 Å². The monoisotopic (exact) mass is 268 g/mol. The van der Waals surface area contributed by atoms with Crippen molar-refractivity contribution in [1.82, 2.24) is 10.3 Å². The van der Waals surface area contributed by atoms with Gasteiger partial charge in [0.2, 0.25) is 5.91 Å². The largest absolute Gasteiger partial charge is 0.353 e. The number of nitrogens with one attached hydrogen (secondary N) is 1. The van der Waals surface area contributed by atoms with E-state index in [9.17, 15) is 4.79 Å². The topological polar surface area (TPSA) is 71.2 Å². The summed E-state index contributed by atoms with van der Waals surface area (Å²) in [5.41, 5.74) is 5.52. The Morgan fingerprint density at radius 1 is 1.72 bits per heavy atom. The van der Waals surface area contributed by atoms with Crippen molar-refractivity contribution in [3.05, 3.63) is 23.4 Å². The van der Waals surface area contributed by atoms with Gasteiger partial charge in [-0.15, -0.1) is 0 Å². The molecule has 0 aromatic carbocycles. The number of carbonyl (C=O) groups excluding carboxylic acids is 1.